The Labute approximate surface area is 86.2 Å². The second kappa shape index (κ2) is 3.70. The lowest BCUT2D eigenvalue weighted by molar-refractivity contribution is -0.537. The molecule has 0 aliphatic rings. The van der Waals surface area contributed by atoms with Gasteiger partial charge in [-0.2, -0.15) is 0 Å². The second-order valence-electron chi connectivity index (χ2n) is 3.29. The minimum Gasteiger partial charge on any atom is -0.330 e. The van der Waals surface area contributed by atoms with E-state index in [-0.39, 0.29) is 0 Å². The lowest BCUT2D eigenvalue weighted by Gasteiger charge is -1.93. The van der Waals surface area contributed by atoms with Gasteiger partial charge in [0.1, 0.15) is 5.52 Å². The maximum absolute atomic E-state index is 10.8. The average Bonchev–Trinajstić information content (AvgIpc) is 2.59. The van der Waals surface area contributed by atoms with Gasteiger partial charge < -0.3 is 5.73 Å². The number of benzene rings is 1. The SMILES string of the molecule is NCCc1cn([N+](=O)[O-])c2ccccc12. The van der Waals surface area contributed by atoms with Crippen molar-refractivity contribution in [2.45, 2.75) is 6.42 Å². The molecule has 78 valence electrons. The van der Waals surface area contributed by atoms with Gasteiger partial charge in [0.25, 0.3) is 0 Å². The first kappa shape index (κ1) is 9.67. The summed E-state index contributed by atoms with van der Waals surface area (Å²) in [6.07, 6.45) is 2.19. The minimum atomic E-state index is -0.428. The molecule has 1 aromatic heterocycles. The van der Waals surface area contributed by atoms with Crippen LogP contribution >= 0.6 is 0 Å². The summed E-state index contributed by atoms with van der Waals surface area (Å²) in [7, 11) is 0. The number of nitro groups is 1. The van der Waals surface area contributed by atoms with Crippen LogP contribution in [-0.4, -0.2) is 16.3 Å². The summed E-state index contributed by atoms with van der Waals surface area (Å²) in [5, 5.41) is 11.2. The van der Waals surface area contributed by atoms with Crippen LogP contribution in [0.15, 0.2) is 30.5 Å². The van der Waals surface area contributed by atoms with Crippen molar-refractivity contribution in [3.05, 3.63) is 46.1 Å². The van der Waals surface area contributed by atoms with E-state index in [0.717, 1.165) is 15.6 Å². The van der Waals surface area contributed by atoms with Gasteiger partial charge in [-0.05, 0) is 24.6 Å². The predicted octanol–water partition coefficient (Wildman–Crippen LogP) is 1.18. The summed E-state index contributed by atoms with van der Waals surface area (Å²) in [4.78, 5) is 10.8. The van der Waals surface area contributed by atoms with E-state index in [1.165, 1.54) is 6.20 Å². The first-order chi connectivity index (χ1) is 7.24. The molecule has 0 bridgehead atoms. The number of fused-ring (bicyclic) bond motifs is 1. The molecule has 2 rings (SSSR count). The highest BCUT2D eigenvalue weighted by Gasteiger charge is 2.13. The maximum atomic E-state index is 10.8. The number of nitrogens with two attached hydrogens (primary N) is 1. The summed E-state index contributed by atoms with van der Waals surface area (Å²) in [6, 6.07) is 7.26. The van der Waals surface area contributed by atoms with Crippen molar-refractivity contribution in [2.75, 3.05) is 6.54 Å². The van der Waals surface area contributed by atoms with Gasteiger partial charge in [-0.25, -0.2) is 10.1 Å². The molecule has 5 nitrogen and oxygen atoms in total. The summed E-state index contributed by atoms with van der Waals surface area (Å²) in [5.74, 6) is 0. The third-order valence-corrected chi connectivity index (χ3v) is 2.36. The first-order valence-corrected chi connectivity index (χ1v) is 4.67. The summed E-state index contributed by atoms with van der Waals surface area (Å²) >= 11 is 0. The number of hydrogen-bond donors (Lipinski definition) is 1. The topological polar surface area (TPSA) is 74.1 Å². The fourth-order valence-corrected chi connectivity index (χ4v) is 1.72. The van der Waals surface area contributed by atoms with Crippen LogP contribution in [0, 0.1) is 10.1 Å². The van der Waals surface area contributed by atoms with Crippen molar-refractivity contribution in [3.63, 3.8) is 0 Å². The number of aromatic nitrogens is 1. The standard InChI is InChI=1S/C10H11N3O2/c11-6-5-8-7-12(13(14)15)10-4-2-1-3-9(8)10/h1-4,7H,5-6,11H2. The van der Waals surface area contributed by atoms with Gasteiger partial charge in [-0.1, -0.05) is 22.9 Å². The quantitative estimate of drug-likeness (QED) is 0.604. The van der Waals surface area contributed by atoms with Crippen molar-refractivity contribution in [1.29, 1.82) is 0 Å². The molecule has 1 aromatic carbocycles. The van der Waals surface area contributed by atoms with Gasteiger partial charge in [-0.15, -0.1) is 0 Å². The van der Waals surface area contributed by atoms with Crippen LogP contribution in [-0.2, 0) is 6.42 Å². The van der Waals surface area contributed by atoms with Crippen molar-refractivity contribution in [2.24, 2.45) is 5.73 Å². The smallest absolute Gasteiger partial charge is 0.169 e. The average molecular weight is 205 g/mol. The van der Waals surface area contributed by atoms with Gasteiger partial charge in [0.2, 0.25) is 0 Å². The number of nitrogens with zero attached hydrogens (tertiary/aromatic N) is 2. The normalized spacial score (nSPS) is 10.7. The molecule has 0 unspecified atom stereocenters. The highest BCUT2D eigenvalue weighted by atomic mass is 16.7. The molecule has 0 saturated heterocycles. The van der Waals surface area contributed by atoms with Gasteiger partial charge in [0.15, 0.2) is 5.03 Å². The molecular formula is C10H11N3O2. The molecule has 2 N–H and O–H groups in total. The third kappa shape index (κ3) is 1.57. The molecule has 0 atom stereocenters. The van der Waals surface area contributed by atoms with Gasteiger partial charge in [0, 0.05) is 5.39 Å². The van der Waals surface area contributed by atoms with E-state index in [1.54, 1.807) is 12.1 Å². The molecule has 0 aliphatic heterocycles. The Morgan fingerprint density at radius 2 is 2.13 bits per heavy atom. The zero-order valence-corrected chi connectivity index (χ0v) is 8.09. The fraction of sp³-hybridized carbons (Fsp3) is 0.200. The van der Waals surface area contributed by atoms with E-state index in [9.17, 15) is 10.1 Å². The molecule has 0 saturated carbocycles. The van der Waals surface area contributed by atoms with Crippen LogP contribution in [0.25, 0.3) is 10.9 Å². The van der Waals surface area contributed by atoms with E-state index < -0.39 is 5.03 Å². The van der Waals surface area contributed by atoms with Crippen LogP contribution in [0.5, 0.6) is 0 Å². The molecule has 0 spiro atoms. The molecular weight excluding hydrogens is 194 g/mol. The molecule has 0 aliphatic carbocycles. The zero-order valence-electron chi connectivity index (χ0n) is 8.09. The molecule has 2 aromatic rings. The van der Waals surface area contributed by atoms with Crippen molar-refractivity contribution >= 4 is 10.9 Å². The Bertz CT molecular complexity index is 504. The molecule has 5 heteroatoms. The third-order valence-electron chi connectivity index (χ3n) is 2.36. The molecule has 1 heterocycles. The lowest BCUT2D eigenvalue weighted by Crippen LogP contribution is -2.06. The minimum absolute atomic E-state index is 0.428. The number of rotatable bonds is 3. The maximum Gasteiger partial charge on any atom is 0.169 e. The van der Waals surface area contributed by atoms with Gasteiger partial charge >= 0.3 is 0 Å². The Kier molecular flexibility index (Phi) is 2.39. The number of hydrogen-bond acceptors (Lipinski definition) is 3. The van der Waals surface area contributed by atoms with Crippen LogP contribution in [0.3, 0.4) is 0 Å². The zero-order chi connectivity index (χ0) is 10.8. The lowest BCUT2D eigenvalue weighted by atomic mass is 10.1. The van der Waals surface area contributed by atoms with Gasteiger partial charge in [-0.3, -0.25) is 0 Å². The van der Waals surface area contributed by atoms with E-state index in [4.69, 9.17) is 5.73 Å². The van der Waals surface area contributed by atoms with Crippen LogP contribution in [0.4, 0.5) is 0 Å². The highest BCUT2D eigenvalue weighted by molar-refractivity contribution is 5.83. The Morgan fingerprint density at radius 3 is 2.80 bits per heavy atom. The van der Waals surface area contributed by atoms with E-state index >= 15 is 0 Å². The first-order valence-electron chi connectivity index (χ1n) is 4.67. The predicted molar refractivity (Wildman–Crippen MR) is 57.1 cm³/mol. The summed E-state index contributed by atoms with van der Waals surface area (Å²) < 4.78 is 1.04. The fourth-order valence-electron chi connectivity index (χ4n) is 1.72. The Hall–Kier alpha value is -1.88. The van der Waals surface area contributed by atoms with Crippen molar-refractivity contribution in [3.8, 4) is 0 Å². The van der Waals surface area contributed by atoms with Crippen LogP contribution < -0.4 is 5.73 Å². The summed E-state index contributed by atoms with van der Waals surface area (Å²) in [6.45, 7) is 0.492. The van der Waals surface area contributed by atoms with Crippen LogP contribution in [0.1, 0.15) is 5.56 Å². The molecule has 0 fully saturated rings. The van der Waals surface area contributed by atoms with E-state index in [1.807, 2.05) is 12.1 Å². The number of para-hydroxylation sites is 1. The molecule has 15 heavy (non-hydrogen) atoms. The summed E-state index contributed by atoms with van der Waals surface area (Å²) in [5.41, 5.74) is 7.00. The Morgan fingerprint density at radius 1 is 1.40 bits per heavy atom. The van der Waals surface area contributed by atoms with E-state index in [2.05, 4.69) is 0 Å². The Balaban J connectivity index is 2.67. The highest BCUT2D eigenvalue weighted by Crippen LogP contribution is 2.20. The van der Waals surface area contributed by atoms with Crippen molar-refractivity contribution < 1.29 is 5.03 Å². The molecule has 0 radical (unpaired) electrons. The largest absolute Gasteiger partial charge is 0.330 e. The van der Waals surface area contributed by atoms with Crippen molar-refractivity contribution in [1.82, 2.24) is 4.68 Å². The molecule has 0 amide bonds. The van der Waals surface area contributed by atoms with Crippen LogP contribution in [0.2, 0.25) is 0 Å². The monoisotopic (exact) mass is 205 g/mol. The second-order valence-corrected chi connectivity index (χ2v) is 3.29. The van der Waals surface area contributed by atoms with Gasteiger partial charge in [0.05, 0.1) is 6.20 Å². The van der Waals surface area contributed by atoms with E-state index in [0.29, 0.717) is 18.5 Å².